The molecule has 106 valence electrons. The molecule has 1 fully saturated rings. The second kappa shape index (κ2) is 7.16. The van der Waals surface area contributed by atoms with Gasteiger partial charge in [0.05, 0.1) is 0 Å². The van der Waals surface area contributed by atoms with E-state index in [2.05, 4.69) is 36.2 Å². The van der Waals surface area contributed by atoms with Crippen LogP contribution in [0.4, 0.5) is 5.69 Å². The van der Waals surface area contributed by atoms with Gasteiger partial charge >= 0.3 is 0 Å². The Bertz CT molecular complexity index is 406. The van der Waals surface area contributed by atoms with E-state index in [4.69, 9.17) is 11.6 Å². The number of benzene rings is 1. The Morgan fingerprint density at radius 1 is 1.37 bits per heavy atom. The maximum absolute atomic E-state index is 6.39. The van der Waals surface area contributed by atoms with Gasteiger partial charge in [-0.25, -0.2) is 0 Å². The van der Waals surface area contributed by atoms with Crippen molar-refractivity contribution in [3.05, 3.63) is 28.8 Å². The Kier molecular flexibility index (Phi) is 5.53. The predicted molar refractivity (Wildman–Crippen MR) is 84.1 cm³/mol. The normalized spacial score (nSPS) is 19.7. The molecule has 19 heavy (non-hydrogen) atoms. The minimum absolute atomic E-state index is 0.833. The molecule has 1 unspecified atom stereocenters. The van der Waals surface area contributed by atoms with Crippen LogP contribution in [-0.4, -0.2) is 19.6 Å². The third-order valence-electron chi connectivity index (χ3n) is 4.08. The molecule has 3 heteroatoms. The molecule has 1 aromatic carbocycles. The van der Waals surface area contributed by atoms with Crippen molar-refractivity contribution in [3.63, 3.8) is 0 Å². The van der Waals surface area contributed by atoms with Gasteiger partial charge in [-0.15, -0.1) is 0 Å². The summed E-state index contributed by atoms with van der Waals surface area (Å²) < 4.78 is 0. The summed E-state index contributed by atoms with van der Waals surface area (Å²) in [6, 6.07) is 6.29. The van der Waals surface area contributed by atoms with E-state index in [1.54, 1.807) is 0 Å². The predicted octanol–water partition coefficient (Wildman–Crippen LogP) is 4.08. The van der Waals surface area contributed by atoms with Crippen LogP contribution in [-0.2, 0) is 6.54 Å². The van der Waals surface area contributed by atoms with Gasteiger partial charge in [0.2, 0.25) is 0 Å². The smallest absolute Gasteiger partial charge is 0.0471 e. The summed E-state index contributed by atoms with van der Waals surface area (Å²) in [6.45, 7) is 8.60. The SMILES string of the molecule is CCNCc1c(Cl)cccc1N1CCCC(CC)C1. The summed E-state index contributed by atoms with van der Waals surface area (Å²) in [7, 11) is 0. The van der Waals surface area contributed by atoms with Crippen LogP contribution in [0.1, 0.15) is 38.7 Å². The zero-order chi connectivity index (χ0) is 13.7. The molecule has 0 amide bonds. The highest BCUT2D eigenvalue weighted by Crippen LogP contribution is 2.31. The molecule has 1 atom stereocenters. The zero-order valence-corrected chi connectivity index (χ0v) is 12.8. The maximum atomic E-state index is 6.39. The van der Waals surface area contributed by atoms with Crippen LogP contribution in [0.15, 0.2) is 18.2 Å². The van der Waals surface area contributed by atoms with E-state index in [1.807, 2.05) is 6.07 Å². The van der Waals surface area contributed by atoms with Gasteiger partial charge in [0.15, 0.2) is 0 Å². The van der Waals surface area contributed by atoms with E-state index in [0.29, 0.717) is 0 Å². The molecule has 1 aliphatic rings. The van der Waals surface area contributed by atoms with Gasteiger partial charge in [-0.2, -0.15) is 0 Å². The fourth-order valence-corrected chi connectivity index (χ4v) is 3.12. The van der Waals surface area contributed by atoms with Gasteiger partial charge in [-0.3, -0.25) is 0 Å². The van der Waals surface area contributed by atoms with Gasteiger partial charge in [-0.1, -0.05) is 37.9 Å². The van der Waals surface area contributed by atoms with E-state index in [-0.39, 0.29) is 0 Å². The summed E-state index contributed by atoms with van der Waals surface area (Å²) in [5, 5.41) is 4.29. The van der Waals surface area contributed by atoms with Crippen LogP contribution in [0, 0.1) is 5.92 Å². The first-order valence-corrected chi connectivity index (χ1v) is 7.87. The van der Waals surface area contributed by atoms with Gasteiger partial charge in [0.1, 0.15) is 0 Å². The molecule has 0 aromatic heterocycles. The second-order valence-electron chi connectivity index (χ2n) is 5.38. The van der Waals surface area contributed by atoms with Crippen LogP contribution in [0.25, 0.3) is 0 Å². The number of anilines is 1. The van der Waals surface area contributed by atoms with Crippen molar-refractivity contribution >= 4 is 17.3 Å². The first-order chi connectivity index (χ1) is 9.26. The first kappa shape index (κ1) is 14.7. The number of halogens is 1. The monoisotopic (exact) mass is 280 g/mol. The van der Waals surface area contributed by atoms with Crippen LogP contribution in [0.3, 0.4) is 0 Å². The molecule has 0 spiro atoms. The summed E-state index contributed by atoms with van der Waals surface area (Å²) in [5.74, 6) is 0.833. The molecule has 0 saturated carbocycles. The van der Waals surface area contributed by atoms with E-state index in [0.717, 1.165) is 30.6 Å². The quantitative estimate of drug-likeness (QED) is 0.874. The van der Waals surface area contributed by atoms with Crippen molar-refractivity contribution in [3.8, 4) is 0 Å². The number of nitrogens with one attached hydrogen (secondary N) is 1. The Hall–Kier alpha value is -0.730. The Morgan fingerprint density at radius 3 is 2.95 bits per heavy atom. The van der Waals surface area contributed by atoms with Gasteiger partial charge < -0.3 is 10.2 Å². The number of hydrogen-bond donors (Lipinski definition) is 1. The number of rotatable bonds is 5. The number of nitrogens with zero attached hydrogens (tertiary/aromatic N) is 1. The van der Waals surface area contributed by atoms with Gasteiger partial charge in [-0.05, 0) is 37.4 Å². The molecule has 1 heterocycles. The van der Waals surface area contributed by atoms with Crippen molar-refractivity contribution < 1.29 is 0 Å². The lowest BCUT2D eigenvalue weighted by Gasteiger charge is -2.35. The fourth-order valence-electron chi connectivity index (χ4n) is 2.89. The topological polar surface area (TPSA) is 15.3 Å². The van der Waals surface area contributed by atoms with Crippen LogP contribution < -0.4 is 10.2 Å². The lowest BCUT2D eigenvalue weighted by molar-refractivity contribution is 0.404. The lowest BCUT2D eigenvalue weighted by Crippen LogP contribution is -2.36. The van der Waals surface area contributed by atoms with Crippen LogP contribution >= 0.6 is 11.6 Å². The summed E-state index contributed by atoms with van der Waals surface area (Å²) in [5.41, 5.74) is 2.58. The van der Waals surface area contributed by atoms with Crippen molar-refractivity contribution in [1.29, 1.82) is 0 Å². The van der Waals surface area contributed by atoms with E-state index in [9.17, 15) is 0 Å². The molecule has 1 saturated heterocycles. The van der Waals surface area contributed by atoms with E-state index >= 15 is 0 Å². The number of piperidine rings is 1. The fraction of sp³-hybridized carbons (Fsp3) is 0.625. The van der Waals surface area contributed by atoms with Crippen LogP contribution in [0.2, 0.25) is 5.02 Å². The number of hydrogen-bond acceptors (Lipinski definition) is 2. The molecule has 0 aliphatic carbocycles. The molecule has 2 nitrogen and oxygen atoms in total. The van der Waals surface area contributed by atoms with Crippen molar-refractivity contribution in [2.75, 3.05) is 24.5 Å². The average molecular weight is 281 g/mol. The van der Waals surface area contributed by atoms with Crippen molar-refractivity contribution in [2.45, 2.75) is 39.7 Å². The zero-order valence-electron chi connectivity index (χ0n) is 12.1. The Labute approximate surface area is 122 Å². The Morgan fingerprint density at radius 2 is 2.21 bits per heavy atom. The maximum Gasteiger partial charge on any atom is 0.0471 e. The largest absolute Gasteiger partial charge is 0.371 e. The second-order valence-corrected chi connectivity index (χ2v) is 5.79. The molecule has 1 aliphatic heterocycles. The molecule has 1 N–H and O–H groups in total. The lowest BCUT2D eigenvalue weighted by atomic mass is 9.94. The Balaban J connectivity index is 2.20. The highest BCUT2D eigenvalue weighted by Gasteiger charge is 2.21. The minimum Gasteiger partial charge on any atom is -0.371 e. The highest BCUT2D eigenvalue weighted by atomic mass is 35.5. The molecular formula is C16H25ClN2. The molecule has 2 rings (SSSR count). The minimum atomic E-state index is 0.833. The third-order valence-corrected chi connectivity index (χ3v) is 4.44. The average Bonchev–Trinajstić information content (AvgIpc) is 2.46. The molecule has 1 aromatic rings. The third kappa shape index (κ3) is 3.64. The summed E-state index contributed by atoms with van der Waals surface area (Å²) in [4.78, 5) is 2.52. The molecule has 0 radical (unpaired) electrons. The summed E-state index contributed by atoms with van der Waals surface area (Å²) >= 11 is 6.39. The van der Waals surface area contributed by atoms with Crippen molar-refractivity contribution in [2.24, 2.45) is 5.92 Å². The molecule has 0 bridgehead atoms. The van der Waals surface area contributed by atoms with E-state index in [1.165, 1.54) is 37.1 Å². The molecular weight excluding hydrogens is 256 g/mol. The van der Waals surface area contributed by atoms with E-state index < -0.39 is 0 Å². The van der Waals surface area contributed by atoms with Crippen LogP contribution in [0.5, 0.6) is 0 Å². The standard InChI is InChI=1S/C16H25ClN2/c1-3-13-7-6-10-19(12-13)16-9-5-8-15(17)14(16)11-18-4-2/h5,8-9,13,18H,3-4,6-7,10-12H2,1-2H3. The first-order valence-electron chi connectivity index (χ1n) is 7.49. The summed E-state index contributed by atoms with van der Waals surface area (Å²) in [6.07, 6.45) is 3.95. The van der Waals surface area contributed by atoms with Gasteiger partial charge in [0, 0.05) is 35.9 Å². The van der Waals surface area contributed by atoms with Gasteiger partial charge in [0.25, 0.3) is 0 Å². The highest BCUT2D eigenvalue weighted by molar-refractivity contribution is 6.31. The van der Waals surface area contributed by atoms with Crippen molar-refractivity contribution in [1.82, 2.24) is 5.32 Å².